The van der Waals surface area contributed by atoms with E-state index in [1.165, 1.54) is 10.4 Å². The third kappa shape index (κ3) is 4.68. The van der Waals surface area contributed by atoms with Crippen LogP contribution in [0, 0.1) is 6.92 Å². The second kappa shape index (κ2) is 8.92. The summed E-state index contributed by atoms with van der Waals surface area (Å²) in [6, 6.07) is 15.4. The Kier molecular flexibility index (Phi) is 6.89. The molecule has 0 saturated carbocycles. The van der Waals surface area contributed by atoms with Crippen LogP contribution in [0.4, 0.5) is 0 Å². The third-order valence-electron chi connectivity index (χ3n) is 3.69. The third-order valence-corrected chi connectivity index (χ3v) is 6.94. The highest BCUT2D eigenvalue weighted by Crippen LogP contribution is 2.20. The fourth-order valence-corrected chi connectivity index (χ4v) is 4.83. The molecule has 0 saturated heterocycles. The van der Waals surface area contributed by atoms with E-state index in [-0.39, 0.29) is 18.0 Å². The van der Waals surface area contributed by atoms with Crippen LogP contribution in [-0.4, -0.2) is 30.0 Å². The molecule has 0 radical (unpaired) electrons. The van der Waals surface area contributed by atoms with Crippen LogP contribution in [0.25, 0.3) is 0 Å². The van der Waals surface area contributed by atoms with Gasteiger partial charge in [-0.1, -0.05) is 48.6 Å². The summed E-state index contributed by atoms with van der Waals surface area (Å²) in [7, 11) is -5.30. The van der Waals surface area contributed by atoms with E-state index in [0.29, 0.717) is 9.80 Å². The Morgan fingerprint density at radius 3 is 2.31 bits per heavy atom. The molecule has 0 spiro atoms. The minimum atomic E-state index is -3.76. The summed E-state index contributed by atoms with van der Waals surface area (Å²) in [6.45, 7) is 9.12. The van der Waals surface area contributed by atoms with Gasteiger partial charge in [-0.3, -0.25) is 0 Å². The maximum atomic E-state index is 13.0. The molecule has 0 fully saturated rings. The van der Waals surface area contributed by atoms with Crippen molar-refractivity contribution in [2.75, 3.05) is 13.1 Å². The van der Waals surface area contributed by atoms with Crippen molar-refractivity contribution in [2.45, 2.75) is 16.7 Å². The van der Waals surface area contributed by atoms with Crippen LogP contribution in [0.2, 0.25) is 0 Å². The van der Waals surface area contributed by atoms with E-state index in [1.54, 1.807) is 48.5 Å². The highest BCUT2D eigenvalue weighted by Gasteiger charge is 2.26. The molecule has 0 N–H and O–H groups in total. The van der Waals surface area contributed by atoms with Gasteiger partial charge in [-0.05, 0) is 31.2 Å². The van der Waals surface area contributed by atoms with Gasteiger partial charge in [-0.2, -0.15) is 4.31 Å². The molecule has 2 aromatic rings. The van der Waals surface area contributed by atoms with Crippen LogP contribution in [0.5, 0.6) is 0 Å². The minimum absolute atomic E-state index is 0.0762. The van der Waals surface area contributed by atoms with Crippen LogP contribution < -0.4 is 0 Å². The van der Waals surface area contributed by atoms with Crippen LogP contribution in [0.3, 0.4) is 0 Å². The molecule has 0 amide bonds. The Hall–Kier alpha value is -2.24. The van der Waals surface area contributed by atoms with Crippen molar-refractivity contribution in [2.24, 2.45) is 0 Å². The zero-order valence-electron chi connectivity index (χ0n) is 14.6. The Balaban J connectivity index is 2.34. The Bertz CT molecular complexity index is 942. The molecule has 0 aliphatic carbocycles. The highest BCUT2D eigenvalue weighted by atomic mass is 32.2. The van der Waals surface area contributed by atoms with Gasteiger partial charge in [-0.25, -0.2) is 12.6 Å². The van der Waals surface area contributed by atoms with E-state index in [4.69, 9.17) is 0 Å². The molecule has 4 nitrogen and oxygen atoms in total. The van der Waals surface area contributed by atoms with Crippen molar-refractivity contribution >= 4 is 20.8 Å². The van der Waals surface area contributed by atoms with Crippen molar-refractivity contribution in [3.8, 4) is 0 Å². The maximum Gasteiger partial charge on any atom is 0.243 e. The smallest absolute Gasteiger partial charge is 0.243 e. The maximum absolute atomic E-state index is 13.0. The molecule has 0 aromatic heterocycles. The van der Waals surface area contributed by atoms with Crippen molar-refractivity contribution in [3.05, 3.63) is 90.0 Å². The van der Waals surface area contributed by atoms with E-state index in [0.717, 1.165) is 5.56 Å². The summed E-state index contributed by atoms with van der Waals surface area (Å²) in [4.78, 5) is 1.05. The number of aryl methyl sites for hydroxylation is 1. The molecule has 1 atom stereocenters. The number of sulfonamides is 1. The summed E-state index contributed by atoms with van der Waals surface area (Å²) < 4.78 is 39.9. The van der Waals surface area contributed by atoms with E-state index in [2.05, 4.69) is 18.9 Å². The SMILES string of the molecule is C=C=C(CN(CC=C)S(=O)(=O)c1ccc(C)cc1)S(=O)c1ccccc1. The molecule has 0 aliphatic rings. The van der Waals surface area contributed by atoms with Gasteiger partial charge in [0.2, 0.25) is 10.0 Å². The van der Waals surface area contributed by atoms with Crippen molar-refractivity contribution in [1.29, 1.82) is 0 Å². The Labute approximate surface area is 157 Å². The molecule has 26 heavy (non-hydrogen) atoms. The first kappa shape index (κ1) is 20.1. The van der Waals surface area contributed by atoms with Crippen molar-refractivity contribution in [1.82, 2.24) is 4.31 Å². The minimum Gasteiger partial charge on any atom is -0.249 e. The molecule has 1 unspecified atom stereocenters. The van der Waals surface area contributed by atoms with Crippen LogP contribution in [-0.2, 0) is 20.8 Å². The van der Waals surface area contributed by atoms with E-state index in [9.17, 15) is 12.6 Å². The first-order valence-electron chi connectivity index (χ1n) is 7.93. The number of benzene rings is 2. The van der Waals surface area contributed by atoms with E-state index >= 15 is 0 Å². The summed E-state index contributed by atoms with van der Waals surface area (Å²) in [5, 5.41) is 0. The van der Waals surface area contributed by atoms with E-state index in [1.807, 2.05) is 13.0 Å². The number of rotatable bonds is 8. The lowest BCUT2D eigenvalue weighted by atomic mass is 10.2. The molecule has 2 aromatic carbocycles. The van der Waals surface area contributed by atoms with Gasteiger partial charge in [0.05, 0.1) is 27.1 Å². The predicted molar refractivity (Wildman–Crippen MR) is 106 cm³/mol. The molecule has 2 rings (SSSR count). The summed E-state index contributed by atoms with van der Waals surface area (Å²) in [6.07, 6.45) is 1.50. The molecule has 0 aliphatic heterocycles. The normalized spacial score (nSPS) is 12.4. The lowest BCUT2D eigenvalue weighted by Crippen LogP contribution is -2.33. The Morgan fingerprint density at radius 1 is 1.15 bits per heavy atom. The highest BCUT2D eigenvalue weighted by molar-refractivity contribution is 7.90. The standard InChI is InChI=1S/C20H21NO3S2/c1-4-15-21(26(23,24)20-13-11-17(3)12-14-20)16-18(5-2)25(22)19-9-7-6-8-10-19/h4,6-14H,1-2,15-16H2,3H3. The molecule has 0 bridgehead atoms. The van der Waals surface area contributed by atoms with Gasteiger partial charge in [-0.15, -0.1) is 12.3 Å². The molecule has 0 heterocycles. The zero-order valence-corrected chi connectivity index (χ0v) is 16.2. The summed E-state index contributed by atoms with van der Waals surface area (Å²) in [5.41, 5.74) is 3.62. The van der Waals surface area contributed by atoms with Gasteiger partial charge in [0.25, 0.3) is 0 Å². The fourth-order valence-electron chi connectivity index (χ4n) is 2.28. The average molecular weight is 388 g/mol. The summed E-state index contributed by atoms with van der Waals surface area (Å²) >= 11 is 0. The lowest BCUT2D eigenvalue weighted by Gasteiger charge is -2.21. The van der Waals surface area contributed by atoms with Gasteiger partial charge in [0, 0.05) is 11.4 Å². The van der Waals surface area contributed by atoms with E-state index < -0.39 is 20.8 Å². The largest absolute Gasteiger partial charge is 0.249 e. The first-order chi connectivity index (χ1) is 12.4. The van der Waals surface area contributed by atoms with Crippen molar-refractivity contribution < 1.29 is 12.6 Å². The van der Waals surface area contributed by atoms with Gasteiger partial charge in [0.15, 0.2) is 0 Å². The number of hydrogen-bond donors (Lipinski definition) is 0. The van der Waals surface area contributed by atoms with Crippen LogP contribution in [0.15, 0.2) is 94.3 Å². The van der Waals surface area contributed by atoms with Gasteiger partial charge < -0.3 is 0 Å². The van der Waals surface area contributed by atoms with Crippen LogP contribution >= 0.6 is 0 Å². The molecule has 6 heteroatoms. The van der Waals surface area contributed by atoms with Crippen molar-refractivity contribution in [3.63, 3.8) is 0 Å². The fraction of sp³-hybridized carbons (Fsp3) is 0.150. The van der Waals surface area contributed by atoms with Crippen LogP contribution in [0.1, 0.15) is 5.56 Å². The molecule has 136 valence electrons. The predicted octanol–water partition coefficient (Wildman–Crippen LogP) is 3.65. The van der Waals surface area contributed by atoms with Gasteiger partial charge >= 0.3 is 0 Å². The number of nitrogens with zero attached hydrogens (tertiary/aromatic N) is 1. The first-order valence-corrected chi connectivity index (χ1v) is 10.5. The van der Waals surface area contributed by atoms with Gasteiger partial charge in [0.1, 0.15) is 0 Å². The lowest BCUT2D eigenvalue weighted by molar-refractivity contribution is 0.471. The zero-order chi connectivity index (χ0) is 19.2. The number of hydrogen-bond acceptors (Lipinski definition) is 3. The molecular formula is C20H21NO3S2. The molecular weight excluding hydrogens is 366 g/mol. The topological polar surface area (TPSA) is 54.5 Å². The quantitative estimate of drug-likeness (QED) is 0.513. The summed E-state index contributed by atoms with van der Waals surface area (Å²) in [5.74, 6) is 0. The second-order valence-electron chi connectivity index (χ2n) is 5.58. The second-order valence-corrected chi connectivity index (χ2v) is 9.02. The average Bonchev–Trinajstić information content (AvgIpc) is 2.65. The monoisotopic (exact) mass is 387 g/mol. The Morgan fingerprint density at radius 2 is 1.77 bits per heavy atom.